The van der Waals surface area contributed by atoms with E-state index in [2.05, 4.69) is 15.9 Å². The minimum atomic E-state index is -0.872. The molecule has 0 radical (unpaired) electrons. The predicted molar refractivity (Wildman–Crippen MR) is 83.0 cm³/mol. The van der Waals surface area contributed by atoms with Gasteiger partial charge in [-0.25, -0.2) is 4.79 Å². The molecule has 114 valence electrons. The number of halogens is 1. The first-order chi connectivity index (χ1) is 9.97. The third kappa shape index (κ3) is 4.74. The average molecular weight is 355 g/mol. The van der Waals surface area contributed by atoms with Crippen molar-refractivity contribution in [3.05, 3.63) is 34.3 Å². The zero-order chi connectivity index (χ0) is 15.4. The van der Waals surface area contributed by atoms with E-state index in [-0.39, 0.29) is 25.0 Å². The van der Waals surface area contributed by atoms with Gasteiger partial charge in [0.15, 0.2) is 0 Å². The largest absolute Gasteiger partial charge is 0.481 e. The molecular formula is C15H19BrN2O3. The number of amides is 2. The van der Waals surface area contributed by atoms with Crippen LogP contribution in [0, 0.1) is 0 Å². The lowest BCUT2D eigenvalue weighted by atomic mass is 10.2. The van der Waals surface area contributed by atoms with Gasteiger partial charge in [-0.15, -0.1) is 0 Å². The predicted octanol–water partition coefficient (Wildman–Crippen LogP) is 2.94. The summed E-state index contributed by atoms with van der Waals surface area (Å²) in [7, 11) is 1.75. The van der Waals surface area contributed by atoms with Crippen LogP contribution in [0.4, 0.5) is 4.79 Å². The van der Waals surface area contributed by atoms with E-state index in [0.717, 1.165) is 22.9 Å². The first kappa shape index (κ1) is 15.8. The Hall–Kier alpha value is -1.56. The van der Waals surface area contributed by atoms with Crippen molar-refractivity contribution in [1.82, 2.24) is 9.80 Å². The molecule has 2 amide bonds. The quantitative estimate of drug-likeness (QED) is 0.854. The minimum Gasteiger partial charge on any atom is -0.481 e. The van der Waals surface area contributed by atoms with Crippen molar-refractivity contribution in [2.75, 3.05) is 13.6 Å². The first-order valence-corrected chi connectivity index (χ1v) is 7.74. The van der Waals surface area contributed by atoms with Crippen LogP contribution in [0.5, 0.6) is 0 Å². The summed E-state index contributed by atoms with van der Waals surface area (Å²) in [5.41, 5.74) is 1.04. The Morgan fingerprint density at radius 1 is 1.38 bits per heavy atom. The monoisotopic (exact) mass is 354 g/mol. The van der Waals surface area contributed by atoms with E-state index in [4.69, 9.17) is 5.11 Å². The SMILES string of the molecule is CN(Cc1cccc(Br)c1)C(=O)N(CCC(=O)O)C1CC1. The number of carboxylic acid groups (broad SMARTS) is 1. The van der Waals surface area contributed by atoms with Gasteiger partial charge in [-0.2, -0.15) is 0 Å². The molecule has 0 atom stereocenters. The van der Waals surface area contributed by atoms with Crippen molar-refractivity contribution < 1.29 is 14.7 Å². The molecule has 0 saturated heterocycles. The first-order valence-electron chi connectivity index (χ1n) is 6.95. The average Bonchev–Trinajstić information content (AvgIpc) is 3.23. The summed E-state index contributed by atoms with van der Waals surface area (Å²) < 4.78 is 0.978. The third-order valence-corrected chi connectivity index (χ3v) is 3.93. The number of urea groups is 1. The Kier molecular flexibility index (Phi) is 5.22. The van der Waals surface area contributed by atoms with E-state index < -0.39 is 5.97 Å². The van der Waals surface area contributed by atoms with E-state index in [1.165, 1.54) is 0 Å². The highest BCUT2D eigenvalue weighted by Gasteiger charge is 2.34. The zero-order valence-electron chi connectivity index (χ0n) is 12.0. The molecule has 0 spiro atoms. The molecule has 0 aliphatic heterocycles. The molecule has 1 saturated carbocycles. The molecule has 1 N–H and O–H groups in total. The fraction of sp³-hybridized carbons (Fsp3) is 0.467. The van der Waals surface area contributed by atoms with Crippen LogP contribution in [0.2, 0.25) is 0 Å². The number of benzene rings is 1. The van der Waals surface area contributed by atoms with Crippen LogP contribution >= 0.6 is 15.9 Å². The highest BCUT2D eigenvalue weighted by atomic mass is 79.9. The molecule has 6 heteroatoms. The van der Waals surface area contributed by atoms with Crippen LogP contribution in [-0.2, 0) is 11.3 Å². The summed E-state index contributed by atoms with van der Waals surface area (Å²) in [6.07, 6.45) is 1.93. The summed E-state index contributed by atoms with van der Waals surface area (Å²) in [6.45, 7) is 0.788. The number of aliphatic carboxylic acids is 1. The van der Waals surface area contributed by atoms with E-state index >= 15 is 0 Å². The van der Waals surface area contributed by atoms with Crippen molar-refractivity contribution in [3.8, 4) is 0 Å². The molecule has 1 fully saturated rings. The van der Waals surface area contributed by atoms with Gasteiger partial charge in [-0.05, 0) is 30.5 Å². The Labute approximate surface area is 132 Å². The van der Waals surface area contributed by atoms with Gasteiger partial charge >= 0.3 is 12.0 Å². The zero-order valence-corrected chi connectivity index (χ0v) is 13.5. The highest BCUT2D eigenvalue weighted by Crippen LogP contribution is 2.28. The van der Waals surface area contributed by atoms with Crippen LogP contribution < -0.4 is 0 Å². The number of nitrogens with zero attached hydrogens (tertiary/aromatic N) is 2. The van der Waals surface area contributed by atoms with Gasteiger partial charge in [0.2, 0.25) is 0 Å². The Morgan fingerprint density at radius 3 is 2.67 bits per heavy atom. The van der Waals surface area contributed by atoms with Gasteiger partial charge in [0.1, 0.15) is 0 Å². The summed E-state index contributed by atoms with van der Waals surface area (Å²) in [4.78, 5) is 26.5. The van der Waals surface area contributed by atoms with Crippen LogP contribution in [0.15, 0.2) is 28.7 Å². The maximum absolute atomic E-state index is 12.5. The van der Waals surface area contributed by atoms with Crippen molar-refractivity contribution in [2.45, 2.75) is 31.8 Å². The molecule has 0 bridgehead atoms. The summed E-state index contributed by atoms with van der Waals surface area (Å²) >= 11 is 3.41. The fourth-order valence-electron chi connectivity index (χ4n) is 2.23. The standard InChI is InChI=1S/C15H19BrN2O3/c1-17(10-11-3-2-4-12(16)9-11)15(21)18(13-5-6-13)8-7-14(19)20/h2-4,9,13H,5-8,10H2,1H3,(H,19,20). The normalized spacial score (nSPS) is 13.8. The molecule has 2 rings (SSSR count). The van der Waals surface area contributed by atoms with Gasteiger partial charge in [0, 0.05) is 30.7 Å². The van der Waals surface area contributed by atoms with E-state index in [1.54, 1.807) is 16.8 Å². The highest BCUT2D eigenvalue weighted by molar-refractivity contribution is 9.10. The van der Waals surface area contributed by atoms with Gasteiger partial charge in [-0.1, -0.05) is 28.1 Å². The fourth-order valence-corrected chi connectivity index (χ4v) is 2.68. The summed E-state index contributed by atoms with van der Waals surface area (Å²) in [6, 6.07) is 7.92. The summed E-state index contributed by atoms with van der Waals surface area (Å²) in [5.74, 6) is -0.872. The molecule has 0 unspecified atom stereocenters. The summed E-state index contributed by atoms with van der Waals surface area (Å²) in [5, 5.41) is 8.79. The van der Waals surface area contributed by atoms with Crippen LogP contribution in [-0.4, -0.2) is 46.5 Å². The number of hydrogen-bond donors (Lipinski definition) is 1. The second-order valence-corrected chi connectivity index (χ2v) is 6.25. The molecule has 1 aromatic carbocycles. The molecule has 5 nitrogen and oxygen atoms in total. The van der Waals surface area contributed by atoms with Crippen LogP contribution in [0.1, 0.15) is 24.8 Å². The van der Waals surface area contributed by atoms with Gasteiger partial charge in [-0.3, -0.25) is 4.79 Å². The van der Waals surface area contributed by atoms with Crippen LogP contribution in [0.3, 0.4) is 0 Å². The second kappa shape index (κ2) is 6.93. The van der Waals surface area contributed by atoms with Crippen molar-refractivity contribution in [2.24, 2.45) is 0 Å². The molecule has 0 aromatic heterocycles. The van der Waals surface area contributed by atoms with E-state index in [9.17, 15) is 9.59 Å². The molecule has 1 aromatic rings. The molecule has 0 heterocycles. The lowest BCUT2D eigenvalue weighted by molar-refractivity contribution is -0.137. The van der Waals surface area contributed by atoms with Crippen LogP contribution in [0.25, 0.3) is 0 Å². The lowest BCUT2D eigenvalue weighted by Crippen LogP contribution is -2.43. The van der Waals surface area contributed by atoms with Crippen molar-refractivity contribution in [3.63, 3.8) is 0 Å². The Balaban J connectivity index is 1.97. The number of rotatable bonds is 6. The second-order valence-electron chi connectivity index (χ2n) is 5.34. The maximum atomic E-state index is 12.5. The van der Waals surface area contributed by atoms with E-state index in [1.807, 2.05) is 24.3 Å². The maximum Gasteiger partial charge on any atom is 0.320 e. The van der Waals surface area contributed by atoms with Gasteiger partial charge < -0.3 is 14.9 Å². The molecule has 1 aliphatic carbocycles. The molecular weight excluding hydrogens is 336 g/mol. The van der Waals surface area contributed by atoms with Crippen molar-refractivity contribution >= 4 is 27.9 Å². The third-order valence-electron chi connectivity index (χ3n) is 3.44. The van der Waals surface area contributed by atoms with Gasteiger partial charge in [0.25, 0.3) is 0 Å². The molecule has 1 aliphatic rings. The smallest absolute Gasteiger partial charge is 0.320 e. The van der Waals surface area contributed by atoms with Crippen molar-refractivity contribution in [1.29, 1.82) is 0 Å². The Bertz CT molecular complexity index is 531. The number of carboxylic acids is 1. The Morgan fingerprint density at radius 2 is 2.10 bits per heavy atom. The minimum absolute atomic E-state index is 0.00698. The van der Waals surface area contributed by atoms with E-state index in [0.29, 0.717) is 6.54 Å². The topological polar surface area (TPSA) is 60.9 Å². The van der Waals surface area contributed by atoms with Gasteiger partial charge in [0.05, 0.1) is 6.42 Å². The number of hydrogen-bond acceptors (Lipinski definition) is 2. The number of carbonyl (C=O) groups is 2. The lowest BCUT2D eigenvalue weighted by Gasteiger charge is -2.28. The number of carbonyl (C=O) groups excluding carboxylic acids is 1. The molecule has 21 heavy (non-hydrogen) atoms.